The van der Waals surface area contributed by atoms with Gasteiger partial charge in [-0.25, -0.2) is 9.97 Å². The lowest BCUT2D eigenvalue weighted by atomic mass is 10.0. The first kappa shape index (κ1) is 30.6. The van der Waals surface area contributed by atoms with Crippen LogP contribution in [0.25, 0.3) is 21.6 Å². The van der Waals surface area contributed by atoms with Crippen LogP contribution in [0.5, 0.6) is 0 Å². The molecule has 4 aromatic rings. The van der Waals surface area contributed by atoms with E-state index in [0.717, 1.165) is 25.7 Å². The van der Waals surface area contributed by atoms with Crippen LogP contribution in [0.2, 0.25) is 0 Å². The Hall–Kier alpha value is -3.87. The number of carbonyl (C=O) groups excluding carboxylic acids is 2. The Morgan fingerprint density at radius 3 is 2.40 bits per heavy atom. The van der Waals surface area contributed by atoms with Crippen molar-refractivity contribution >= 4 is 44.3 Å². The fraction of sp³-hybridized carbons (Fsp3) is 0.355. The summed E-state index contributed by atoms with van der Waals surface area (Å²) in [4.78, 5) is 39.1. The van der Waals surface area contributed by atoms with Crippen LogP contribution < -0.4 is 10.6 Å². The standard InChI is InChI=1S/C31H33F3N6O2S/c1-4-39-12-14-40(15-13-39)18-22-8-9-23(17-24(22)31(32,33)34)35-28(42)21-7-5-6-20(16-21)25-10-11-26-29(36-25)43-30(37-26)38-27(41)19(2)3/h5-11,16-17,19H,4,12-15,18H2,1-3H3,(H,35,42)(H,37,38,41). The van der Waals surface area contributed by atoms with Gasteiger partial charge in [-0.15, -0.1) is 0 Å². The molecule has 3 heterocycles. The largest absolute Gasteiger partial charge is 0.416 e. The molecule has 1 aliphatic rings. The fourth-order valence-electron chi connectivity index (χ4n) is 4.86. The van der Waals surface area contributed by atoms with Gasteiger partial charge in [0, 0.05) is 55.5 Å². The first-order valence-electron chi connectivity index (χ1n) is 14.1. The lowest BCUT2D eigenvalue weighted by Gasteiger charge is -2.34. The van der Waals surface area contributed by atoms with Crippen molar-refractivity contribution in [3.8, 4) is 11.3 Å². The monoisotopic (exact) mass is 610 g/mol. The lowest BCUT2D eigenvalue weighted by Crippen LogP contribution is -2.45. The molecule has 1 fully saturated rings. The first-order chi connectivity index (χ1) is 20.5. The third-order valence-corrected chi connectivity index (χ3v) is 8.29. The van der Waals surface area contributed by atoms with Crippen molar-refractivity contribution in [2.24, 2.45) is 5.92 Å². The number of halogens is 3. The number of benzene rings is 2. The summed E-state index contributed by atoms with van der Waals surface area (Å²) in [6, 6.07) is 14.3. The molecule has 0 saturated carbocycles. The predicted octanol–water partition coefficient (Wildman–Crippen LogP) is 6.36. The Kier molecular flexibility index (Phi) is 9.09. The molecular weight excluding hydrogens is 577 g/mol. The minimum absolute atomic E-state index is 0.0717. The number of carbonyl (C=O) groups is 2. The molecule has 12 heteroatoms. The number of pyridine rings is 1. The van der Waals surface area contributed by atoms with Crippen LogP contribution in [0.1, 0.15) is 42.3 Å². The molecule has 0 atom stereocenters. The van der Waals surface area contributed by atoms with Crippen LogP contribution in [0, 0.1) is 5.92 Å². The number of thiazole rings is 1. The number of nitrogens with zero attached hydrogens (tertiary/aromatic N) is 4. The van der Waals surface area contributed by atoms with Crippen molar-refractivity contribution in [2.45, 2.75) is 33.5 Å². The van der Waals surface area contributed by atoms with Gasteiger partial charge in [0.2, 0.25) is 5.91 Å². The summed E-state index contributed by atoms with van der Waals surface area (Å²) < 4.78 is 42.1. The average molecular weight is 611 g/mol. The number of nitrogens with one attached hydrogen (secondary N) is 2. The van der Waals surface area contributed by atoms with Gasteiger partial charge in [0.05, 0.1) is 11.3 Å². The van der Waals surface area contributed by atoms with Gasteiger partial charge in [0.25, 0.3) is 5.91 Å². The predicted molar refractivity (Wildman–Crippen MR) is 163 cm³/mol. The smallest absolute Gasteiger partial charge is 0.322 e. The van der Waals surface area contributed by atoms with Gasteiger partial charge in [-0.2, -0.15) is 13.2 Å². The second-order valence-corrected chi connectivity index (χ2v) is 11.8. The number of fused-ring (bicyclic) bond motifs is 1. The second-order valence-electron chi connectivity index (χ2n) is 10.8. The van der Waals surface area contributed by atoms with E-state index in [0.29, 0.717) is 39.8 Å². The summed E-state index contributed by atoms with van der Waals surface area (Å²) in [5.74, 6) is -0.856. The molecule has 1 saturated heterocycles. The number of aromatic nitrogens is 2. The Morgan fingerprint density at radius 2 is 1.70 bits per heavy atom. The number of piperazine rings is 1. The van der Waals surface area contributed by atoms with E-state index in [2.05, 4.69) is 32.4 Å². The normalized spacial score (nSPS) is 14.8. The van der Waals surface area contributed by atoms with Gasteiger partial charge < -0.3 is 15.5 Å². The molecule has 2 aromatic heterocycles. The third-order valence-electron chi connectivity index (χ3n) is 7.41. The van der Waals surface area contributed by atoms with Crippen molar-refractivity contribution < 1.29 is 22.8 Å². The van der Waals surface area contributed by atoms with E-state index in [9.17, 15) is 22.8 Å². The van der Waals surface area contributed by atoms with Crippen LogP contribution in [-0.4, -0.2) is 64.3 Å². The molecule has 0 aliphatic carbocycles. The zero-order chi connectivity index (χ0) is 30.7. The zero-order valence-electron chi connectivity index (χ0n) is 24.2. The van der Waals surface area contributed by atoms with E-state index >= 15 is 0 Å². The van der Waals surface area contributed by atoms with E-state index in [4.69, 9.17) is 0 Å². The quantitative estimate of drug-likeness (QED) is 0.241. The topological polar surface area (TPSA) is 90.5 Å². The minimum Gasteiger partial charge on any atom is -0.322 e. The van der Waals surface area contributed by atoms with Gasteiger partial charge in [-0.3, -0.25) is 14.5 Å². The number of rotatable bonds is 8. The highest BCUT2D eigenvalue weighted by molar-refractivity contribution is 7.22. The molecule has 8 nitrogen and oxygen atoms in total. The van der Waals surface area contributed by atoms with Crippen molar-refractivity contribution in [3.63, 3.8) is 0 Å². The van der Waals surface area contributed by atoms with Gasteiger partial charge in [0.15, 0.2) is 5.13 Å². The summed E-state index contributed by atoms with van der Waals surface area (Å²) in [6.45, 7) is 9.87. The molecule has 226 valence electrons. The Balaban J connectivity index is 1.32. The third kappa shape index (κ3) is 7.38. The van der Waals surface area contributed by atoms with E-state index in [-0.39, 0.29) is 35.2 Å². The molecule has 0 spiro atoms. The lowest BCUT2D eigenvalue weighted by molar-refractivity contribution is -0.138. The summed E-state index contributed by atoms with van der Waals surface area (Å²) in [6.07, 6.45) is -4.56. The molecule has 2 N–H and O–H groups in total. The van der Waals surface area contributed by atoms with Crippen molar-refractivity contribution in [1.29, 1.82) is 0 Å². The van der Waals surface area contributed by atoms with Crippen LogP contribution in [-0.2, 0) is 17.5 Å². The average Bonchev–Trinajstić information content (AvgIpc) is 3.39. The summed E-state index contributed by atoms with van der Waals surface area (Å²) in [5, 5.41) is 5.86. The Morgan fingerprint density at radius 1 is 0.953 bits per heavy atom. The molecule has 2 aromatic carbocycles. The van der Waals surface area contributed by atoms with E-state index in [1.54, 1.807) is 50.2 Å². The zero-order valence-corrected chi connectivity index (χ0v) is 25.0. The van der Waals surface area contributed by atoms with Crippen LogP contribution in [0.4, 0.5) is 24.0 Å². The molecule has 0 radical (unpaired) electrons. The Bertz CT molecular complexity index is 1630. The molecule has 43 heavy (non-hydrogen) atoms. The van der Waals surface area contributed by atoms with Gasteiger partial charge >= 0.3 is 6.18 Å². The van der Waals surface area contributed by atoms with E-state index in [1.165, 1.54) is 23.5 Å². The molecule has 1 aliphatic heterocycles. The maximum absolute atomic E-state index is 14.0. The maximum atomic E-state index is 14.0. The van der Waals surface area contributed by atoms with Gasteiger partial charge in [-0.05, 0) is 48.5 Å². The molecule has 0 unspecified atom stereocenters. The number of amides is 2. The number of anilines is 2. The number of alkyl halides is 3. The van der Waals surface area contributed by atoms with Crippen LogP contribution in [0.15, 0.2) is 54.6 Å². The highest BCUT2D eigenvalue weighted by Gasteiger charge is 2.34. The van der Waals surface area contributed by atoms with Crippen LogP contribution >= 0.6 is 11.3 Å². The van der Waals surface area contributed by atoms with Crippen molar-refractivity contribution in [2.75, 3.05) is 43.4 Å². The highest BCUT2D eigenvalue weighted by atomic mass is 32.1. The highest BCUT2D eigenvalue weighted by Crippen LogP contribution is 2.35. The number of likely N-dealkylation sites (N-methyl/N-ethyl adjacent to an activating group) is 1. The van der Waals surface area contributed by atoms with Crippen LogP contribution in [0.3, 0.4) is 0 Å². The molecular formula is C31H33F3N6O2S. The van der Waals surface area contributed by atoms with E-state index in [1.807, 2.05) is 4.90 Å². The molecule has 2 amide bonds. The Labute approximate surface area is 251 Å². The molecule has 5 rings (SSSR count). The van der Waals surface area contributed by atoms with Crippen molar-refractivity contribution in [3.05, 3.63) is 71.3 Å². The van der Waals surface area contributed by atoms with Gasteiger partial charge in [-0.1, -0.05) is 50.3 Å². The molecule has 0 bridgehead atoms. The van der Waals surface area contributed by atoms with Gasteiger partial charge in [0.1, 0.15) is 10.3 Å². The first-order valence-corrected chi connectivity index (χ1v) is 15.0. The number of hydrogen-bond donors (Lipinski definition) is 2. The second kappa shape index (κ2) is 12.8. The SMILES string of the molecule is CCN1CCN(Cc2ccc(NC(=O)c3cccc(-c4ccc5nc(NC(=O)C(C)C)sc5n4)c3)cc2C(F)(F)F)CC1. The number of hydrogen-bond acceptors (Lipinski definition) is 7. The summed E-state index contributed by atoms with van der Waals surface area (Å²) in [5.41, 5.74) is 1.68. The van der Waals surface area contributed by atoms with Crippen molar-refractivity contribution in [1.82, 2.24) is 19.8 Å². The summed E-state index contributed by atoms with van der Waals surface area (Å²) in [7, 11) is 0. The maximum Gasteiger partial charge on any atom is 0.416 e. The van der Waals surface area contributed by atoms with E-state index < -0.39 is 17.6 Å². The summed E-state index contributed by atoms with van der Waals surface area (Å²) >= 11 is 1.25. The minimum atomic E-state index is -4.56. The fourth-order valence-corrected chi connectivity index (χ4v) is 5.71.